The van der Waals surface area contributed by atoms with Crippen LogP contribution in [-0.4, -0.2) is 17.9 Å². The first-order chi connectivity index (χ1) is 10.1. The van der Waals surface area contributed by atoms with Gasteiger partial charge in [-0.1, -0.05) is 30.3 Å². The summed E-state index contributed by atoms with van der Waals surface area (Å²) in [6.45, 7) is 2.72. The molecule has 3 nitrogen and oxygen atoms in total. The van der Waals surface area contributed by atoms with Crippen molar-refractivity contribution in [1.82, 2.24) is 4.90 Å². The number of carbonyl (C=O) groups is 1. The van der Waals surface area contributed by atoms with Crippen molar-refractivity contribution in [3.05, 3.63) is 65.5 Å². The average molecular weight is 286 g/mol. The number of nitrogens with one attached hydrogen (secondary N) is 1. The number of anilines is 1. The van der Waals surface area contributed by atoms with E-state index in [2.05, 4.69) is 5.32 Å². The van der Waals surface area contributed by atoms with Crippen molar-refractivity contribution in [1.29, 1.82) is 0 Å². The van der Waals surface area contributed by atoms with Crippen molar-refractivity contribution in [2.45, 2.75) is 20.0 Å². The molecule has 0 aliphatic rings. The largest absolute Gasteiger partial charge is 0.381 e. The number of halogens is 1. The van der Waals surface area contributed by atoms with Gasteiger partial charge in [0, 0.05) is 32.7 Å². The molecule has 2 aromatic rings. The Labute approximate surface area is 124 Å². The van der Waals surface area contributed by atoms with Gasteiger partial charge in [0.1, 0.15) is 5.82 Å². The van der Waals surface area contributed by atoms with E-state index in [4.69, 9.17) is 0 Å². The number of amides is 1. The van der Waals surface area contributed by atoms with Gasteiger partial charge in [-0.3, -0.25) is 4.79 Å². The fourth-order valence-electron chi connectivity index (χ4n) is 2.00. The third-order valence-electron chi connectivity index (χ3n) is 3.36. The summed E-state index contributed by atoms with van der Waals surface area (Å²) in [5.74, 6) is -0.203. The Morgan fingerprint density at radius 3 is 2.48 bits per heavy atom. The molecule has 0 aliphatic heterocycles. The molecule has 0 atom stereocenters. The molecule has 0 radical (unpaired) electrons. The molecule has 21 heavy (non-hydrogen) atoms. The summed E-state index contributed by atoms with van der Waals surface area (Å²) in [6, 6.07) is 14.3. The van der Waals surface area contributed by atoms with E-state index in [1.165, 1.54) is 12.1 Å². The highest BCUT2D eigenvalue weighted by Crippen LogP contribution is 2.18. The van der Waals surface area contributed by atoms with Crippen LogP contribution in [0.5, 0.6) is 0 Å². The molecule has 4 heteroatoms. The van der Waals surface area contributed by atoms with Gasteiger partial charge in [0.25, 0.3) is 0 Å². The first kappa shape index (κ1) is 15.0. The second-order valence-corrected chi connectivity index (χ2v) is 5.01. The van der Waals surface area contributed by atoms with Crippen molar-refractivity contribution >= 4 is 11.6 Å². The van der Waals surface area contributed by atoms with Gasteiger partial charge in [0.05, 0.1) is 0 Å². The first-order valence-electron chi connectivity index (χ1n) is 6.84. The highest BCUT2D eigenvalue weighted by atomic mass is 19.1. The van der Waals surface area contributed by atoms with Gasteiger partial charge >= 0.3 is 0 Å². The minimum atomic E-state index is -0.234. The van der Waals surface area contributed by atoms with Crippen molar-refractivity contribution in [2.24, 2.45) is 0 Å². The molecule has 2 rings (SSSR count). The Morgan fingerprint density at radius 1 is 1.14 bits per heavy atom. The Balaban J connectivity index is 2.06. The number of hydrogen-bond acceptors (Lipinski definition) is 2. The smallest absolute Gasteiger partial charge is 0.219 e. The molecular formula is C17H19FN2O. The Kier molecular flexibility index (Phi) is 4.93. The predicted octanol–water partition coefficient (Wildman–Crippen LogP) is 3.42. The van der Waals surface area contributed by atoms with Gasteiger partial charge in [0.2, 0.25) is 5.91 Å². The van der Waals surface area contributed by atoms with Gasteiger partial charge < -0.3 is 10.2 Å². The quantitative estimate of drug-likeness (QED) is 0.913. The van der Waals surface area contributed by atoms with Crippen LogP contribution in [0.25, 0.3) is 0 Å². The zero-order valence-electron chi connectivity index (χ0n) is 12.3. The Bertz CT molecular complexity index is 610. The highest BCUT2D eigenvalue weighted by molar-refractivity contribution is 5.73. The van der Waals surface area contributed by atoms with E-state index >= 15 is 0 Å². The van der Waals surface area contributed by atoms with E-state index in [-0.39, 0.29) is 11.7 Å². The molecule has 0 saturated carbocycles. The van der Waals surface area contributed by atoms with Crippen LogP contribution in [0.1, 0.15) is 18.1 Å². The number of carbonyl (C=O) groups excluding carboxylic acids is 1. The normalized spacial score (nSPS) is 10.2. The summed E-state index contributed by atoms with van der Waals surface area (Å²) in [6.07, 6.45) is 0. The lowest BCUT2D eigenvalue weighted by molar-refractivity contribution is -0.128. The molecule has 0 unspecified atom stereocenters. The van der Waals surface area contributed by atoms with Crippen LogP contribution in [0, 0.1) is 5.82 Å². The molecule has 0 fully saturated rings. The van der Waals surface area contributed by atoms with Gasteiger partial charge in [-0.15, -0.1) is 0 Å². The zero-order valence-corrected chi connectivity index (χ0v) is 12.3. The van der Waals surface area contributed by atoms with Crippen molar-refractivity contribution < 1.29 is 9.18 Å². The molecule has 1 amide bonds. The highest BCUT2D eigenvalue weighted by Gasteiger charge is 2.07. The standard InChI is InChI=1S/C17H19FN2O/c1-13(21)20(2)12-15-5-3-4-6-17(15)19-11-14-7-9-16(18)10-8-14/h3-10,19H,11-12H2,1-2H3. The van der Waals surface area contributed by atoms with Crippen LogP contribution in [-0.2, 0) is 17.9 Å². The average Bonchev–Trinajstić information content (AvgIpc) is 2.48. The lowest BCUT2D eigenvalue weighted by Gasteiger charge is -2.18. The van der Waals surface area contributed by atoms with Crippen LogP contribution < -0.4 is 5.32 Å². The molecule has 0 aliphatic carbocycles. The summed E-state index contributed by atoms with van der Waals surface area (Å²) in [5, 5.41) is 3.33. The fourth-order valence-corrected chi connectivity index (χ4v) is 2.00. The third kappa shape index (κ3) is 4.31. The molecular weight excluding hydrogens is 267 g/mol. The van der Waals surface area contributed by atoms with Crippen LogP contribution >= 0.6 is 0 Å². The van der Waals surface area contributed by atoms with Gasteiger partial charge in [0.15, 0.2) is 0 Å². The van der Waals surface area contributed by atoms with Crippen LogP contribution in [0.2, 0.25) is 0 Å². The minimum Gasteiger partial charge on any atom is -0.381 e. The molecule has 0 aromatic heterocycles. The van der Waals surface area contributed by atoms with Crippen LogP contribution in [0.3, 0.4) is 0 Å². The predicted molar refractivity (Wildman–Crippen MR) is 82.3 cm³/mol. The minimum absolute atomic E-state index is 0.0309. The van der Waals surface area contributed by atoms with E-state index in [9.17, 15) is 9.18 Å². The second kappa shape index (κ2) is 6.88. The first-order valence-corrected chi connectivity index (χ1v) is 6.84. The molecule has 1 N–H and O–H groups in total. The summed E-state index contributed by atoms with van der Waals surface area (Å²) < 4.78 is 12.9. The summed E-state index contributed by atoms with van der Waals surface area (Å²) in [7, 11) is 1.78. The molecule has 0 heterocycles. The summed E-state index contributed by atoms with van der Waals surface area (Å²) >= 11 is 0. The Hall–Kier alpha value is -2.36. The molecule has 0 saturated heterocycles. The fraction of sp³-hybridized carbons (Fsp3) is 0.235. The zero-order chi connectivity index (χ0) is 15.2. The number of nitrogens with zero attached hydrogens (tertiary/aromatic N) is 1. The molecule has 0 bridgehead atoms. The van der Waals surface area contributed by atoms with E-state index in [0.29, 0.717) is 13.1 Å². The summed E-state index contributed by atoms with van der Waals surface area (Å²) in [4.78, 5) is 13.0. The maximum Gasteiger partial charge on any atom is 0.219 e. The topological polar surface area (TPSA) is 32.3 Å². The molecule has 0 spiro atoms. The Morgan fingerprint density at radius 2 is 1.81 bits per heavy atom. The third-order valence-corrected chi connectivity index (χ3v) is 3.36. The SMILES string of the molecule is CC(=O)N(C)Cc1ccccc1NCc1ccc(F)cc1. The maximum absolute atomic E-state index is 12.9. The molecule has 2 aromatic carbocycles. The van der Waals surface area contributed by atoms with Gasteiger partial charge in [-0.05, 0) is 29.3 Å². The van der Waals surface area contributed by atoms with Crippen LogP contribution in [0.15, 0.2) is 48.5 Å². The van der Waals surface area contributed by atoms with Crippen molar-refractivity contribution in [3.63, 3.8) is 0 Å². The lowest BCUT2D eigenvalue weighted by Crippen LogP contribution is -2.23. The number of para-hydroxylation sites is 1. The lowest BCUT2D eigenvalue weighted by atomic mass is 10.1. The monoisotopic (exact) mass is 286 g/mol. The van der Waals surface area contributed by atoms with E-state index < -0.39 is 0 Å². The van der Waals surface area contributed by atoms with Crippen LogP contribution in [0.4, 0.5) is 10.1 Å². The molecule has 110 valence electrons. The van der Waals surface area contributed by atoms with Gasteiger partial charge in [-0.25, -0.2) is 4.39 Å². The van der Waals surface area contributed by atoms with Gasteiger partial charge in [-0.2, -0.15) is 0 Å². The van der Waals surface area contributed by atoms with Crippen molar-refractivity contribution in [2.75, 3.05) is 12.4 Å². The van der Waals surface area contributed by atoms with Crippen molar-refractivity contribution in [3.8, 4) is 0 Å². The maximum atomic E-state index is 12.9. The van der Waals surface area contributed by atoms with E-state index in [1.807, 2.05) is 24.3 Å². The number of hydrogen-bond donors (Lipinski definition) is 1. The number of benzene rings is 2. The second-order valence-electron chi connectivity index (χ2n) is 5.01. The summed E-state index contributed by atoms with van der Waals surface area (Å²) in [5.41, 5.74) is 3.04. The number of rotatable bonds is 5. The van der Waals surface area contributed by atoms with E-state index in [1.54, 1.807) is 31.0 Å². The van der Waals surface area contributed by atoms with E-state index in [0.717, 1.165) is 16.8 Å².